The molecule has 0 saturated carbocycles. The highest BCUT2D eigenvalue weighted by atomic mass is 35.5. The smallest absolute Gasteiger partial charge is 0.220 e. The third kappa shape index (κ3) is 2.46. The van der Waals surface area contributed by atoms with Gasteiger partial charge in [0.05, 0.1) is 19.9 Å². The summed E-state index contributed by atoms with van der Waals surface area (Å²) >= 11 is 6.48. The maximum absolute atomic E-state index is 13.7. The molecule has 2 aliphatic heterocycles. The number of ketones is 2. The number of hydrogen-bond acceptors (Lipinski definition) is 6. The summed E-state index contributed by atoms with van der Waals surface area (Å²) in [6, 6.07) is 1.60. The molecule has 0 N–H and O–H groups in total. The SMILES string of the molecule is COc1cc(OC)c2c(c1Cl)OC1(C2=O)C(N2CCCC2)=CC(=O)CC1C. The van der Waals surface area contributed by atoms with Crippen molar-refractivity contribution < 1.29 is 23.8 Å². The molecule has 27 heavy (non-hydrogen) atoms. The van der Waals surface area contributed by atoms with Crippen molar-refractivity contribution in [2.45, 2.75) is 31.8 Å². The number of likely N-dealkylation sites (tertiary alicyclic amines) is 1. The molecule has 1 spiro atoms. The molecule has 2 heterocycles. The summed E-state index contributed by atoms with van der Waals surface area (Å²) in [5, 5.41) is 0.239. The van der Waals surface area contributed by atoms with Crippen LogP contribution in [0.1, 0.15) is 36.5 Å². The van der Waals surface area contributed by atoms with Crippen molar-refractivity contribution in [1.29, 1.82) is 0 Å². The summed E-state index contributed by atoms with van der Waals surface area (Å²) < 4.78 is 17.1. The van der Waals surface area contributed by atoms with Crippen LogP contribution in [0.2, 0.25) is 5.02 Å². The number of ether oxygens (including phenoxy) is 3. The largest absolute Gasteiger partial charge is 0.496 e. The minimum atomic E-state index is -1.26. The molecule has 6 nitrogen and oxygen atoms in total. The lowest BCUT2D eigenvalue weighted by atomic mass is 9.74. The van der Waals surface area contributed by atoms with E-state index in [1.54, 1.807) is 12.1 Å². The van der Waals surface area contributed by atoms with Gasteiger partial charge in [0.15, 0.2) is 11.5 Å². The van der Waals surface area contributed by atoms with Crippen molar-refractivity contribution in [1.82, 2.24) is 4.90 Å². The number of carbonyl (C=O) groups excluding carboxylic acids is 2. The summed E-state index contributed by atoms with van der Waals surface area (Å²) in [5.74, 6) is 0.484. The van der Waals surface area contributed by atoms with Crippen LogP contribution < -0.4 is 14.2 Å². The molecule has 0 amide bonds. The minimum absolute atomic E-state index is 0.0121. The standard InChI is InChI=1S/C20H22ClNO5/c1-11-8-12(23)9-15(22-6-4-5-7-22)20(11)19(24)16-13(25-2)10-14(26-3)17(21)18(16)27-20/h9-11H,4-8H2,1-3H3. The Bertz CT molecular complexity index is 858. The second-order valence-corrected chi connectivity index (χ2v) is 7.64. The first-order valence-corrected chi connectivity index (χ1v) is 9.50. The zero-order valence-electron chi connectivity index (χ0n) is 15.6. The van der Waals surface area contributed by atoms with E-state index in [4.69, 9.17) is 25.8 Å². The zero-order chi connectivity index (χ0) is 19.3. The van der Waals surface area contributed by atoms with E-state index >= 15 is 0 Å². The molecule has 144 valence electrons. The number of allylic oxidation sites excluding steroid dienone is 1. The van der Waals surface area contributed by atoms with Crippen molar-refractivity contribution in [3.05, 3.63) is 28.4 Å². The van der Waals surface area contributed by atoms with Crippen molar-refractivity contribution in [3.8, 4) is 17.2 Å². The molecule has 2 atom stereocenters. The third-order valence-corrected chi connectivity index (χ3v) is 6.10. The van der Waals surface area contributed by atoms with E-state index in [1.165, 1.54) is 14.2 Å². The van der Waals surface area contributed by atoms with E-state index in [0.717, 1.165) is 25.9 Å². The first kappa shape index (κ1) is 18.2. The highest BCUT2D eigenvalue weighted by Gasteiger charge is 2.60. The van der Waals surface area contributed by atoms with Gasteiger partial charge in [-0.3, -0.25) is 9.59 Å². The van der Waals surface area contributed by atoms with Gasteiger partial charge in [0.2, 0.25) is 11.4 Å². The highest BCUT2D eigenvalue weighted by Crippen LogP contribution is 2.55. The second-order valence-electron chi connectivity index (χ2n) is 7.26. The molecule has 0 aromatic heterocycles. The first-order chi connectivity index (χ1) is 12.9. The predicted molar refractivity (Wildman–Crippen MR) is 99.9 cm³/mol. The Morgan fingerprint density at radius 2 is 1.85 bits per heavy atom. The van der Waals surface area contributed by atoms with E-state index < -0.39 is 5.60 Å². The predicted octanol–water partition coefficient (Wildman–Crippen LogP) is 3.26. The average Bonchev–Trinajstić information content (AvgIpc) is 3.27. The molecule has 1 fully saturated rings. The van der Waals surface area contributed by atoms with Gasteiger partial charge in [-0.05, 0) is 12.8 Å². The highest BCUT2D eigenvalue weighted by molar-refractivity contribution is 6.35. The molecular weight excluding hydrogens is 370 g/mol. The number of nitrogens with zero attached hydrogens (tertiary/aromatic N) is 1. The van der Waals surface area contributed by atoms with E-state index in [2.05, 4.69) is 4.90 Å². The van der Waals surface area contributed by atoms with Gasteiger partial charge in [-0.1, -0.05) is 18.5 Å². The Hall–Kier alpha value is -2.21. The average molecular weight is 392 g/mol. The lowest BCUT2D eigenvalue weighted by Gasteiger charge is -2.41. The summed E-state index contributed by atoms with van der Waals surface area (Å²) in [4.78, 5) is 28.1. The number of fused-ring (bicyclic) bond motifs is 1. The number of methoxy groups -OCH3 is 2. The van der Waals surface area contributed by atoms with Crippen LogP contribution in [0.3, 0.4) is 0 Å². The Balaban J connectivity index is 1.92. The van der Waals surface area contributed by atoms with Gasteiger partial charge < -0.3 is 19.1 Å². The van der Waals surface area contributed by atoms with Gasteiger partial charge in [-0.15, -0.1) is 0 Å². The quantitative estimate of drug-likeness (QED) is 0.788. The van der Waals surface area contributed by atoms with Crippen LogP contribution in [0.25, 0.3) is 0 Å². The molecule has 7 heteroatoms. The normalized spacial score (nSPS) is 26.9. The molecule has 1 aliphatic carbocycles. The molecule has 2 unspecified atom stereocenters. The fourth-order valence-electron chi connectivity index (χ4n) is 4.40. The fourth-order valence-corrected chi connectivity index (χ4v) is 4.66. The second kappa shape index (κ2) is 6.44. The van der Waals surface area contributed by atoms with Crippen molar-refractivity contribution >= 4 is 23.2 Å². The van der Waals surface area contributed by atoms with Gasteiger partial charge in [-0.25, -0.2) is 0 Å². The Labute approximate surface area is 163 Å². The van der Waals surface area contributed by atoms with Crippen molar-refractivity contribution in [2.75, 3.05) is 27.3 Å². The molecule has 1 aromatic carbocycles. The zero-order valence-corrected chi connectivity index (χ0v) is 16.4. The van der Waals surface area contributed by atoms with Crippen LogP contribution in [-0.2, 0) is 4.79 Å². The van der Waals surface area contributed by atoms with E-state index in [1.807, 2.05) is 6.92 Å². The maximum atomic E-state index is 13.7. The van der Waals surface area contributed by atoms with Gasteiger partial charge >= 0.3 is 0 Å². The van der Waals surface area contributed by atoms with E-state index in [-0.39, 0.29) is 34.7 Å². The van der Waals surface area contributed by atoms with Crippen molar-refractivity contribution in [2.24, 2.45) is 5.92 Å². The van der Waals surface area contributed by atoms with Crippen LogP contribution in [0, 0.1) is 5.92 Å². The Morgan fingerprint density at radius 1 is 1.19 bits per heavy atom. The topological polar surface area (TPSA) is 65.1 Å². The number of rotatable bonds is 3. The van der Waals surface area contributed by atoms with E-state index in [0.29, 0.717) is 22.8 Å². The third-order valence-electron chi connectivity index (χ3n) is 5.74. The lowest BCUT2D eigenvalue weighted by Crippen LogP contribution is -2.55. The van der Waals surface area contributed by atoms with Gasteiger partial charge in [0.25, 0.3) is 0 Å². The van der Waals surface area contributed by atoms with Crippen molar-refractivity contribution in [3.63, 3.8) is 0 Å². The molecule has 3 aliphatic rings. The number of benzene rings is 1. The number of hydrogen-bond donors (Lipinski definition) is 0. The van der Waals surface area contributed by atoms with Crippen LogP contribution >= 0.6 is 11.6 Å². The molecular formula is C20H22ClNO5. The van der Waals surface area contributed by atoms with Crippen LogP contribution in [0.5, 0.6) is 17.2 Å². The fraction of sp³-hybridized carbons (Fsp3) is 0.500. The van der Waals surface area contributed by atoms with Crippen LogP contribution in [-0.4, -0.2) is 49.4 Å². The number of Topliss-reactive ketones (excluding diaryl/α,β-unsaturated/α-hetero) is 1. The molecule has 0 bridgehead atoms. The summed E-state index contributed by atoms with van der Waals surface area (Å²) in [5.41, 5.74) is -0.305. The molecule has 1 aromatic rings. The van der Waals surface area contributed by atoms with Crippen LogP contribution in [0.15, 0.2) is 17.8 Å². The number of carbonyl (C=O) groups is 2. The number of halogens is 1. The maximum Gasteiger partial charge on any atom is 0.220 e. The Kier molecular flexibility index (Phi) is 4.34. The minimum Gasteiger partial charge on any atom is -0.496 e. The Morgan fingerprint density at radius 3 is 2.48 bits per heavy atom. The van der Waals surface area contributed by atoms with Crippen LogP contribution in [0.4, 0.5) is 0 Å². The van der Waals surface area contributed by atoms with E-state index in [9.17, 15) is 9.59 Å². The summed E-state index contributed by atoms with van der Waals surface area (Å²) in [7, 11) is 2.99. The summed E-state index contributed by atoms with van der Waals surface area (Å²) in [6.07, 6.45) is 3.87. The lowest BCUT2D eigenvalue weighted by molar-refractivity contribution is -0.117. The molecule has 1 saturated heterocycles. The van der Waals surface area contributed by atoms with Gasteiger partial charge in [-0.2, -0.15) is 0 Å². The summed E-state index contributed by atoms with van der Waals surface area (Å²) in [6.45, 7) is 3.48. The molecule has 4 rings (SSSR count). The molecule has 0 radical (unpaired) electrons. The monoisotopic (exact) mass is 391 g/mol. The first-order valence-electron chi connectivity index (χ1n) is 9.12. The van der Waals surface area contributed by atoms with Gasteiger partial charge in [0, 0.05) is 37.6 Å². The van der Waals surface area contributed by atoms with Gasteiger partial charge in [0.1, 0.15) is 22.1 Å².